The van der Waals surface area contributed by atoms with Crippen LogP contribution in [0.1, 0.15) is 57.9 Å². The summed E-state index contributed by atoms with van der Waals surface area (Å²) in [5, 5.41) is 18.6. The van der Waals surface area contributed by atoms with Crippen molar-refractivity contribution in [3.8, 4) is 0 Å². The summed E-state index contributed by atoms with van der Waals surface area (Å²) in [5.41, 5.74) is 1.98. The van der Waals surface area contributed by atoms with Crippen LogP contribution in [-0.4, -0.2) is 28.6 Å². The molecule has 1 aromatic carbocycles. The Morgan fingerprint density at radius 2 is 1.93 bits per heavy atom. The van der Waals surface area contributed by atoms with Crippen molar-refractivity contribution in [2.24, 2.45) is 11.3 Å². The lowest BCUT2D eigenvalue weighted by Gasteiger charge is -2.66. The van der Waals surface area contributed by atoms with Gasteiger partial charge in [0.05, 0.1) is 5.60 Å². The number of aromatic amines is 1. The molecule has 1 saturated carbocycles. The van der Waals surface area contributed by atoms with Gasteiger partial charge in [0.25, 0.3) is 0 Å². The van der Waals surface area contributed by atoms with Gasteiger partial charge in [0, 0.05) is 38.9 Å². The predicted octanol–water partition coefficient (Wildman–Crippen LogP) is 6.30. The monoisotopic (exact) mass is 425 g/mol. The molecule has 1 aromatic heterocycles. The number of alkyl halides is 1. The van der Waals surface area contributed by atoms with E-state index in [1.54, 1.807) is 7.05 Å². The van der Waals surface area contributed by atoms with E-state index in [-0.39, 0.29) is 22.1 Å². The van der Waals surface area contributed by atoms with E-state index in [0.29, 0.717) is 6.42 Å². The molecule has 2 aliphatic carbocycles. The topological polar surface area (TPSA) is 50.1 Å². The summed E-state index contributed by atoms with van der Waals surface area (Å²) in [6.45, 7) is 19.0. The smallest absolute Gasteiger partial charge is 0.0807 e. The molecule has 4 heteroatoms. The molecule has 0 bridgehead atoms. The van der Waals surface area contributed by atoms with Gasteiger partial charge < -0.3 is 15.4 Å². The van der Waals surface area contributed by atoms with Gasteiger partial charge in [-0.1, -0.05) is 64.9 Å². The van der Waals surface area contributed by atoms with Gasteiger partial charge in [-0.15, -0.1) is 24.8 Å². The maximum absolute atomic E-state index is 12.8. The lowest BCUT2D eigenvalue weighted by Crippen LogP contribution is -2.65. The van der Waals surface area contributed by atoms with Crippen LogP contribution in [0.4, 0.5) is 0 Å². The number of halogens is 1. The Kier molecular flexibility index (Phi) is 4.68. The number of nitrogens with zero attached hydrogens (tertiary/aromatic N) is 1. The van der Waals surface area contributed by atoms with E-state index in [2.05, 4.69) is 71.0 Å². The highest BCUT2D eigenvalue weighted by Crippen LogP contribution is 2.64. The zero-order valence-electron chi connectivity index (χ0n) is 19.0. The molecule has 5 unspecified atom stereocenters. The number of fused-ring (bicyclic) bond motifs is 2. The first-order chi connectivity index (χ1) is 13.9. The van der Waals surface area contributed by atoms with Gasteiger partial charge in [-0.25, -0.2) is 0 Å². The molecule has 1 fully saturated rings. The van der Waals surface area contributed by atoms with E-state index in [0.717, 1.165) is 22.2 Å². The quantitative estimate of drug-likeness (QED) is 0.438. The normalized spacial score (nSPS) is 35.1. The Morgan fingerprint density at radius 3 is 2.50 bits per heavy atom. The van der Waals surface area contributed by atoms with Crippen molar-refractivity contribution in [2.45, 2.75) is 68.9 Å². The second-order valence-corrected chi connectivity index (χ2v) is 11.1. The van der Waals surface area contributed by atoms with Crippen molar-refractivity contribution >= 4 is 22.5 Å². The highest BCUT2D eigenvalue weighted by molar-refractivity contribution is 6.21. The first kappa shape index (κ1) is 21.7. The van der Waals surface area contributed by atoms with Crippen LogP contribution in [0, 0.1) is 11.3 Å². The molecule has 2 N–H and O–H groups in total. The minimum Gasteiger partial charge on any atom is -0.659 e. The van der Waals surface area contributed by atoms with Gasteiger partial charge in [0.15, 0.2) is 0 Å². The van der Waals surface area contributed by atoms with Crippen molar-refractivity contribution in [3.63, 3.8) is 0 Å². The molecule has 0 radical (unpaired) electrons. The molecule has 2 aromatic rings. The summed E-state index contributed by atoms with van der Waals surface area (Å²) in [5.74, 6) is -0.0810. The second kappa shape index (κ2) is 6.48. The fourth-order valence-corrected chi connectivity index (χ4v) is 6.69. The number of rotatable bonds is 4. The highest BCUT2D eigenvalue weighted by atomic mass is 35.5. The van der Waals surface area contributed by atoms with Gasteiger partial charge in [-0.3, -0.25) is 0 Å². The number of aromatic nitrogens is 1. The molecule has 30 heavy (non-hydrogen) atoms. The summed E-state index contributed by atoms with van der Waals surface area (Å²) in [4.78, 5) is 3.65. The number of benzene rings is 1. The SMILES string of the molecule is C=CC(C)(C)c1[nH]c2cccc3c2c1C1(O)C(CC(Cl)C(C)(C=C)C1[N-]C)C3(C)C. The zero-order chi connectivity index (χ0) is 22.3. The first-order valence-corrected chi connectivity index (χ1v) is 11.2. The van der Waals surface area contributed by atoms with E-state index in [1.807, 2.05) is 12.2 Å². The van der Waals surface area contributed by atoms with Crippen LogP contribution in [0.2, 0.25) is 0 Å². The fraction of sp³-hybridized carbons (Fsp3) is 0.538. The first-order valence-electron chi connectivity index (χ1n) is 10.8. The van der Waals surface area contributed by atoms with Crippen LogP contribution in [0.5, 0.6) is 0 Å². The lowest BCUT2D eigenvalue weighted by atomic mass is 9.48. The number of likely N-dealkylation sites (N-methyl/N-ethyl adjacent to an activating group) is 1. The molecule has 0 saturated heterocycles. The summed E-state index contributed by atoms with van der Waals surface area (Å²) in [6, 6.07) is 6.00. The van der Waals surface area contributed by atoms with Crippen LogP contribution in [0.15, 0.2) is 43.5 Å². The van der Waals surface area contributed by atoms with E-state index in [9.17, 15) is 5.11 Å². The third kappa shape index (κ3) is 2.40. The van der Waals surface area contributed by atoms with Crippen LogP contribution in [0.3, 0.4) is 0 Å². The third-order valence-corrected chi connectivity index (χ3v) is 8.95. The molecule has 0 spiro atoms. The molecule has 1 heterocycles. The molecule has 5 atom stereocenters. The average molecular weight is 426 g/mol. The Bertz CT molecular complexity index is 1040. The highest BCUT2D eigenvalue weighted by Gasteiger charge is 2.62. The Labute approximate surface area is 185 Å². The Balaban J connectivity index is 2.19. The minimum absolute atomic E-state index is 0.0810. The van der Waals surface area contributed by atoms with Gasteiger partial charge in [-0.2, -0.15) is 7.05 Å². The molecule has 3 nitrogen and oxygen atoms in total. The Hall–Kier alpha value is -1.55. The molecule has 4 rings (SSSR count). The lowest BCUT2D eigenvalue weighted by molar-refractivity contribution is -0.118. The van der Waals surface area contributed by atoms with Gasteiger partial charge in [0.2, 0.25) is 0 Å². The predicted molar refractivity (Wildman–Crippen MR) is 128 cm³/mol. The van der Waals surface area contributed by atoms with Crippen LogP contribution < -0.4 is 0 Å². The van der Waals surface area contributed by atoms with Crippen molar-refractivity contribution in [1.82, 2.24) is 4.98 Å². The zero-order valence-corrected chi connectivity index (χ0v) is 19.8. The molecular weight excluding hydrogens is 392 g/mol. The van der Waals surface area contributed by atoms with Crippen LogP contribution >= 0.6 is 11.6 Å². The minimum atomic E-state index is -1.17. The van der Waals surface area contributed by atoms with Crippen molar-refractivity contribution in [3.05, 3.63) is 65.6 Å². The van der Waals surface area contributed by atoms with E-state index in [4.69, 9.17) is 16.9 Å². The van der Waals surface area contributed by atoms with Gasteiger partial charge in [-0.05, 0) is 28.9 Å². The summed E-state index contributed by atoms with van der Waals surface area (Å²) >= 11 is 7.00. The number of allylic oxidation sites excluding steroid dienone is 1. The largest absolute Gasteiger partial charge is 0.659 e. The number of H-pyrrole nitrogens is 1. The van der Waals surface area contributed by atoms with Crippen molar-refractivity contribution < 1.29 is 5.11 Å². The molecular formula is C26H34ClN2O-. The van der Waals surface area contributed by atoms with E-state index in [1.165, 1.54) is 5.56 Å². The summed E-state index contributed by atoms with van der Waals surface area (Å²) in [7, 11) is 1.80. The molecule has 162 valence electrons. The maximum atomic E-state index is 12.8. The molecule has 2 aliphatic rings. The summed E-state index contributed by atoms with van der Waals surface area (Å²) < 4.78 is 0. The maximum Gasteiger partial charge on any atom is 0.0807 e. The second-order valence-electron chi connectivity index (χ2n) is 10.6. The molecule has 0 amide bonds. The van der Waals surface area contributed by atoms with Gasteiger partial charge in [0.1, 0.15) is 0 Å². The molecule has 0 aliphatic heterocycles. The van der Waals surface area contributed by atoms with E-state index < -0.39 is 17.1 Å². The Morgan fingerprint density at radius 1 is 1.27 bits per heavy atom. The fourth-order valence-electron chi connectivity index (χ4n) is 6.31. The van der Waals surface area contributed by atoms with Crippen LogP contribution in [0.25, 0.3) is 16.2 Å². The number of hydrogen-bond acceptors (Lipinski definition) is 1. The standard InChI is InChI=1S/C26H34ClN2O/c1-9-23(3,4)21-20-19-15(12-11-13-16(19)29-21)24(5,6)17-14-18(27)25(7,10-2)22(28-8)26(17,20)30/h9-13,17-18,22,29-30H,1-2,14H2,3-8H3/q-1. The number of aliphatic hydroxyl groups is 1. The van der Waals surface area contributed by atoms with Gasteiger partial charge >= 0.3 is 0 Å². The number of nitrogens with one attached hydrogen (secondary N) is 1. The number of hydrogen-bond donors (Lipinski definition) is 2. The average Bonchev–Trinajstić information content (AvgIpc) is 3.11. The summed E-state index contributed by atoms with van der Waals surface area (Å²) in [6.07, 6.45) is 4.53. The van der Waals surface area contributed by atoms with Crippen molar-refractivity contribution in [2.75, 3.05) is 7.05 Å². The van der Waals surface area contributed by atoms with Crippen LogP contribution in [-0.2, 0) is 16.4 Å². The van der Waals surface area contributed by atoms with E-state index >= 15 is 0 Å². The van der Waals surface area contributed by atoms with Crippen molar-refractivity contribution in [1.29, 1.82) is 0 Å². The third-order valence-electron chi connectivity index (χ3n) is 8.30.